The van der Waals surface area contributed by atoms with Gasteiger partial charge in [0.15, 0.2) is 10.7 Å². The third kappa shape index (κ3) is 6.74. The van der Waals surface area contributed by atoms with Crippen LogP contribution in [-0.2, 0) is 11.0 Å². The van der Waals surface area contributed by atoms with Crippen molar-refractivity contribution in [1.29, 1.82) is 0 Å². The third-order valence-electron chi connectivity index (χ3n) is 4.93. The number of nitrogens with zero attached hydrogens (tertiary/aromatic N) is 3. The largest absolute Gasteiger partial charge is 0.474 e. The van der Waals surface area contributed by atoms with Crippen LogP contribution in [0.2, 0.25) is 0 Å². The first-order chi connectivity index (χ1) is 15.3. The number of thioether (sulfide) groups is 1. The molecule has 2 heterocycles. The van der Waals surface area contributed by atoms with Crippen LogP contribution in [0.1, 0.15) is 19.8 Å². The Morgan fingerprint density at radius 1 is 1.31 bits per heavy atom. The highest BCUT2D eigenvalue weighted by Gasteiger charge is 2.26. The van der Waals surface area contributed by atoms with Gasteiger partial charge in [-0.15, -0.1) is 11.8 Å². The number of aromatic nitrogens is 2. The van der Waals surface area contributed by atoms with Gasteiger partial charge in [-0.1, -0.05) is 6.07 Å². The number of hydrogen-bond donors (Lipinski definition) is 2. The van der Waals surface area contributed by atoms with Crippen molar-refractivity contribution in [1.82, 2.24) is 14.3 Å². The molecule has 8 nitrogen and oxygen atoms in total. The maximum atomic E-state index is 13.1. The number of nitrogens with one attached hydrogen (secondary N) is 1. The molecule has 0 radical (unpaired) electrons. The molecule has 1 aromatic carbocycles. The van der Waals surface area contributed by atoms with Crippen LogP contribution in [0.15, 0.2) is 41.6 Å². The molecule has 1 fully saturated rings. The molecule has 1 aliphatic heterocycles. The maximum absolute atomic E-state index is 13.1. The van der Waals surface area contributed by atoms with Gasteiger partial charge in [0.25, 0.3) is 0 Å². The monoisotopic (exact) mass is 488 g/mol. The average molecular weight is 489 g/mol. The Hall–Kier alpha value is -2.02. The number of ether oxygens (including phenoxy) is 2. The second kappa shape index (κ2) is 11.2. The molecule has 0 spiro atoms. The van der Waals surface area contributed by atoms with Gasteiger partial charge in [0.2, 0.25) is 5.95 Å². The number of benzene rings is 1. The van der Waals surface area contributed by atoms with Crippen molar-refractivity contribution in [2.45, 2.75) is 42.2 Å². The number of rotatable bonds is 10. The van der Waals surface area contributed by atoms with Crippen LogP contribution >= 0.6 is 11.8 Å². The van der Waals surface area contributed by atoms with Crippen molar-refractivity contribution in [3.63, 3.8) is 0 Å². The predicted molar refractivity (Wildman–Crippen MR) is 119 cm³/mol. The van der Waals surface area contributed by atoms with Gasteiger partial charge >= 0.3 is 6.61 Å². The summed E-state index contributed by atoms with van der Waals surface area (Å²) in [4.78, 5) is 7.85. The van der Waals surface area contributed by atoms with Crippen molar-refractivity contribution in [3.05, 3.63) is 36.7 Å². The minimum absolute atomic E-state index is 0.0756. The van der Waals surface area contributed by atoms with Gasteiger partial charge in [0.05, 0.1) is 23.9 Å². The van der Waals surface area contributed by atoms with E-state index in [0.29, 0.717) is 29.7 Å². The fourth-order valence-electron chi connectivity index (χ4n) is 3.09. The summed E-state index contributed by atoms with van der Waals surface area (Å²) in [6.07, 6.45) is 5.68. The van der Waals surface area contributed by atoms with Crippen molar-refractivity contribution >= 4 is 28.7 Å². The molecular formula is C20H26F2N4O4S2. The molecule has 2 aromatic rings. The van der Waals surface area contributed by atoms with Crippen molar-refractivity contribution < 1.29 is 27.6 Å². The van der Waals surface area contributed by atoms with E-state index in [4.69, 9.17) is 4.74 Å². The molecule has 0 amide bonds. The second-order valence-electron chi connectivity index (χ2n) is 7.29. The lowest BCUT2D eigenvalue weighted by Gasteiger charge is -2.31. The van der Waals surface area contributed by atoms with Crippen LogP contribution in [-0.4, -0.2) is 67.1 Å². The number of anilines is 1. The number of aliphatic hydroxyl groups excluding tert-OH is 1. The molecule has 1 aromatic heterocycles. The Bertz CT molecular complexity index is 895. The number of hydrogen-bond acceptors (Lipinski definition) is 8. The SMILES string of the molecule is CSC(C)(CO)Oc1cccc(S(=O)N2CCC(Nc3ncc(OC(F)F)cn3)CC2)c1. The highest BCUT2D eigenvalue weighted by atomic mass is 32.2. The fraction of sp³-hybridized carbons (Fsp3) is 0.500. The van der Waals surface area contributed by atoms with Crippen molar-refractivity contribution in [3.8, 4) is 11.5 Å². The first-order valence-electron chi connectivity index (χ1n) is 9.97. The van der Waals surface area contributed by atoms with Crippen LogP contribution in [0, 0.1) is 0 Å². The molecule has 176 valence electrons. The van der Waals surface area contributed by atoms with Crippen molar-refractivity contribution in [2.24, 2.45) is 0 Å². The quantitative estimate of drug-likeness (QED) is 0.493. The van der Waals surface area contributed by atoms with Crippen LogP contribution < -0.4 is 14.8 Å². The summed E-state index contributed by atoms with van der Waals surface area (Å²) in [6, 6.07) is 7.17. The van der Waals surface area contributed by atoms with Crippen LogP contribution in [0.5, 0.6) is 11.5 Å². The van der Waals surface area contributed by atoms with Crippen LogP contribution in [0.3, 0.4) is 0 Å². The van der Waals surface area contributed by atoms with Gasteiger partial charge in [-0.3, -0.25) is 0 Å². The Morgan fingerprint density at radius 2 is 2.00 bits per heavy atom. The summed E-state index contributed by atoms with van der Waals surface area (Å²) >= 11 is 1.40. The number of piperidine rings is 1. The van der Waals surface area contributed by atoms with E-state index in [1.165, 1.54) is 24.2 Å². The molecule has 0 bridgehead atoms. The average Bonchev–Trinajstić information content (AvgIpc) is 2.80. The minimum atomic E-state index is -2.92. The zero-order valence-electron chi connectivity index (χ0n) is 17.7. The summed E-state index contributed by atoms with van der Waals surface area (Å²) in [5, 5.41) is 12.7. The Kier molecular flexibility index (Phi) is 8.63. The maximum Gasteiger partial charge on any atom is 0.387 e. The predicted octanol–water partition coefficient (Wildman–Crippen LogP) is 3.13. The zero-order valence-corrected chi connectivity index (χ0v) is 19.4. The number of halogens is 2. The van der Waals surface area contributed by atoms with Gasteiger partial charge in [0.1, 0.15) is 16.7 Å². The molecule has 3 rings (SSSR count). The molecular weight excluding hydrogens is 462 g/mol. The Labute approximate surface area is 192 Å². The Morgan fingerprint density at radius 3 is 2.59 bits per heavy atom. The van der Waals surface area contributed by atoms with Crippen LogP contribution in [0.25, 0.3) is 0 Å². The third-order valence-corrected chi connectivity index (χ3v) is 7.50. The fourth-order valence-corrected chi connectivity index (χ4v) is 4.65. The lowest BCUT2D eigenvalue weighted by molar-refractivity contribution is -0.0503. The van der Waals surface area contributed by atoms with E-state index < -0.39 is 22.5 Å². The van der Waals surface area contributed by atoms with E-state index in [0.717, 1.165) is 12.8 Å². The number of alkyl halides is 2. The van der Waals surface area contributed by atoms with Gasteiger partial charge in [-0.25, -0.2) is 18.5 Å². The molecule has 0 aliphatic carbocycles. The molecule has 0 saturated carbocycles. The molecule has 12 heteroatoms. The van der Waals surface area contributed by atoms with Crippen LogP contribution in [0.4, 0.5) is 14.7 Å². The Balaban J connectivity index is 1.54. The summed E-state index contributed by atoms with van der Waals surface area (Å²) in [5.41, 5.74) is 0. The highest BCUT2D eigenvalue weighted by Crippen LogP contribution is 2.28. The topological polar surface area (TPSA) is 96.8 Å². The van der Waals surface area contributed by atoms with Gasteiger partial charge in [-0.05, 0) is 44.2 Å². The molecule has 32 heavy (non-hydrogen) atoms. The smallest absolute Gasteiger partial charge is 0.387 e. The summed E-state index contributed by atoms with van der Waals surface area (Å²) in [5.74, 6) is 0.783. The lowest BCUT2D eigenvalue weighted by Crippen LogP contribution is -2.40. The first kappa shape index (κ1) is 24.6. The van der Waals surface area contributed by atoms with E-state index in [2.05, 4.69) is 20.0 Å². The molecule has 2 unspecified atom stereocenters. The van der Waals surface area contributed by atoms with Gasteiger partial charge < -0.3 is 19.9 Å². The molecule has 2 N–H and O–H groups in total. The van der Waals surface area contributed by atoms with E-state index in [1.54, 1.807) is 31.2 Å². The van der Waals surface area contributed by atoms with E-state index in [-0.39, 0.29) is 18.4 Å². The van der Waals surface area contributed by atoms with Gasteiger partial charge in [0, 0.05) is 19.1 Å². The second-order valence-corrected chi connectivity index (χ2v) is 10.0. The summed E-state index contributed by atoms with van der Waals surface area (Å²) in [6.45, 7) is -0.0717. The molecule has 2 atom stereocenters. The summed E-state index contributed by atoms with van der Waals surface area (Å²) < 4.78 is 49.5. The number of aliphatic hydroxyl groups is 1. The summed E-state index contributed by atoms with van der Waals surface area (Å²) in [7, 11) is -1.35. The molecule has 1 saturated heterocycles. The van der Waals surface area contributed by atoms with E-state index >= 15 is 0 Å². The van der Waals surface area contributed by atoms with E-state index in [1.807, 2.05) is 10.6 Å². The first-order valence-corrected chi connectivity index (χ1v) is 12.3. The van der Waals surface area contributed by atoms with Gasteiger partial charge in [-0.2, -0.15) is 8.78 Å². The minimum Gasteiger partial charge on any atom is -0.474 e. The van der Waals surface area contributed by atoms with Crippen molar-refractivity contribution in [2.75, 3.05) is 31.3 Å². The molecule has 1 aliphatic rings. The highest BCUT2D eigenvalue weighted by molar-refractivity contribution is 7.99. The normalized spacial score (nSPS) is 18.2. The lowest BCUT2D eigenvalue weighted by atomic mass is 10.1. The zero-order chi connectivity index (χ0) is 23.1. The van der Waals surface area contributed by atoms with E-state index in [9.17, 15) is 18.1 Å². The standard InChI is InChI=1S/C20H26F2N4O4S2/c1-20(13-27,31-2)30-15-4-3-5-17(10-15)32(28)26-8-6-14(7-9-26)25-19-23-11-16(12-24-19)29-18(21)22/h3-5,10-12,14,18,27H,6-9,13H2,1-2H3,(H,23,24,25).